The maximum atomic E-state index is 13.0. The van der Waals surface area contributed by atoms with Gasteiger partial charge >= 0.3 is 0 Å². The fourth-order valence-electron chi connectivity index (χ4n) is 3.36. The van der Waals surface area contributed by atoms with Gasteiger partial charge in [-0.05, 0) is 31.5 Å². The molecule has 25 heavy (non-hydrogen) atoms. The normalized spacial score (nSPS) is 17.0. The zero-order valence-electron chi connectivity index (χ0n) is 14.8. The van der Waals surface area contributed by atoms with E-state index in [4.69, 9.17) is 0 Å². The molecule has 0 radical (unpaired) electrons. The lowest BCUT2D eigenvalue weighted by molar-refractivity contribution is 0.0989. The number of carbonyl (C=O) groups excluding carboxylic acids is 1. The Hall–Kier alpha value is -1.58. The largest absolute Gasteiger partial charge is 0.303 e. The summed E-state index contributed by atoms with van der Waals surface area (Å²) in [6, 6.07) is 19.9. The number of rotatable bonds is 7. The molecule has 3 heteroatoms. The summed E-state index contributed by atoms with van der Waals surface area (Å²) >= 11 is 1.79. The Morgan fingerprint density at radius 1 is 0.880 bits per heavy atom. The molecule has 0 amide bonds. The second-order valence-corrected chi connectivity index (χ2v) is 7.86. The van der Waals surface area contributed by atoms with E-state index in [-0.39, 0.29) is 11.0 Å². The minimum absolute atomic E-state index is 0.115. The number of nitrogens with zero attached hydrogens (tertiary/aromatic N) is 1. The molecule has 1 atom stereocenters. The topological polar surface area (TPSA) is 20.3 Å². The standard InChI is InChI=1S/C22H27NOS/c24-21(19-11-5-3-6-12-19)22(20-13-7-4-8-14-20)25-18-17-23-15-9-1-2-10-16-23/h3-8,11-14,22H,1-2,9-10,15-18H2. The molecule has 0 N–H and O–H groups in total. The Balaban J connectivity index is 1.65. The predicted octanol–water partition coefficient (Wildman–Crippen LogP) is 5.22. The van der Waals surface area contributed by atoms with Gasteiger partial charge in [0, 0.05) is 17.9 Å². The molecule has 3 rings (SSSR count). The van der Waals surface area contributed by atoms with Gasteiger partial charge in [-0.3, -0.25) is 4.79 Å². The fourth-order valence-corrected chi connectivity index (χ4v) is 4.60. The van der Waals surface area contributed by atoms with E-state index in [0.717, 1.165) is 23.4 Å². The van der Waals surface area contributed by atoms with Gasteiger partial charge in [0.1, 0.15) is 0 Å². The number of likely N-dealkylation sites (tertiary alicyclic amines) is 1. The van der Waals surface area contributed by atoms with E-state index in [1.165, 1.54) is 38.8 Å². The number of Topliss-reactive ketones (excluding diaryl/α,β-unsaturated/α-hetero) is 1. The van der Waals surface area contributed by atoms with E-state index in [9.17, 15) is 4.79 Å². The van der Waals surface area contributed by atoms with E-state index < -0.39 is 0 Å². The van der Waals surface area contributed by atoms with Gasteiger partial charge in [0.15, 0.2) is 5.78 Å². The molecular formula is C22H27NOS. The first-order chi connectivity index (χ1) is 12.3. The van der Waals surface area contributed by atoms with Crippen molar-refractivity contribution >= 4 is 17.5 Å². The van der Waals surface area contributed by atoms with Crippen LogP contribution in [0.25, 0.3) is 0 Å². The number of hydrogen-bond acceptors (Lipinski definition) is 3. The first-order valence-electron chi connectivity index (χ1n) is 9.33. The van der Waals surface area contributed by atoms with Crippen molar-refractivity contribution < 1.29 is 4.79 Å². The SMILES string of the molecule is O=C(c1ccccc1)C(SCCN1CCCCCC1)c1ccccc1. The lowest BCUT2D eigenvalue weighted by atomic mass is 10.0. The van der Waals surface area contributed by atoms with Crippen molar-refractivity contribution in [1.29, 1.82) is 0 Å². The highest BCUT2D eigenvalue weighted by Crippen LogP contribution is 2.32. The summed E-state index contributed by atoms with van der Waals surface area (Å²) < 4.78 is 0. The van der Waals surface area contributed by atoms with Gasteiger partial charge in [0.05, 0.1) is 5.25 Å². The minimum atomic E-state index is -0.115. The van der Waals surface area contributed by atoms with Gasteiger partial charge in [-0.15, -0.1) is 11.8 Å². The average Bonchev–Trinajstić information content (AvgIpc) is 2.95. The molecule has 0 bridgehead atoms. The minimum Gasteiger partial charge on any atom is -0.303 e. The monoisotopic (exact) mass is 353 g/mol. The number of ketones is 1. The highest BCUT2D eigenvalue weighted by atomic mass is 32.2. The van der Waals surface area contributed by atoms with Gasteiger partial charge in [-0.2, -0.15) is 0 Å². The van der Waals surface area contributed by atoms with E-state index in [0.29, 0.717) is 0 Å². The van der Waals surface area contributed by atoms with Crippen molar-refractivity contribution in [2.45, 2.75) is 30.9 Å². The van der Waals surface area contributed by atoms with E-state index in [1.807, 2.05) is 48.5 Å². The van der Waals surface area contributed by atoms with E-state index in [2.05, 4.69) is 17.0 Å². The van der Waals surface area contributed by atoms with E-state index in [1.54, 1.807) is 11.8 Å². The molecule has 1 heterocycles. The van der Waals surface area contributed by atoms with Crippen LogP contribution >= 0.6 is 11.8 Å². The molecule has 0 aromatic heterocycles. The summed E-state index contributed by atoms with van der Waals surface area (Å²) in [5, 5.41) is -0.115. The summed E-state index contributed by atoms with van der Waals surface area (Å²) in [4.78, 5) is 15.6. The molecule has 0 saturated carbocycles. The predicted molar refractivity (Wildman–Crippen MR) is 107 cm³/mol. The Labute approximate surface area is 155 Å². The van der Waals surface area contributed by atoms with Crippen LogP contribution in [-0.4, -0.2) is 36.1 Å². The van der Waals surface area contributed by atoms with Crippen molar-refractivity contribution in [3.63, 3.8) is 0 Å². The fraction of sp³-hybridized carbons (Fsp3) is 0.409. The zero-order valence-corrected chi connectivity index (χ0v) is 15.6. The molecule has 2 nitrogen and oxygen atoms in total. The molecule has 0 aliphatic carbocycles. The van der Waals surface area contributed by atoms with Gasteiger partial charge < -0.3 is 4.90 Å². The third kappa shape index (κ3) is 5.45. The lowest BCUT2D eigenvalue weighted by Crippen LogP contribution is -2.27. The summed E-state index contributed by atoms with van der Waals surface area (Å²) in [5.41, 5.74) is 1.91. The third-order valence-electron chi connectivity index (χ3n) is 4.79. The molecule has 1 saturated heterocycles. The molecule has 0 spiro atoms. The first-order valence-corrected chi connectivity index (χ1v) is 10.4. The Bertz CT molecular complexity index is 636. The van der Waals surface area contributed by atoms with Crippen molar-refractivity contribution in [2.24, 2.45) is 0 Å². The number of hydrogen-bond donors (Lipinski definition) is 0. The highest BCUT2D eigenvalue weighted by Gasteiger charge is 2.22. The Morgan fingerprint density at radius 3 is 2.12 bits per heavy atom. The molecule has 1 unspecified atom stereocenters. The molecule has 1 aliphatic rings. The van der Waals surface area contributed by atoms with Crippen LogP contribution in [-0.2, 0) is 0 Å². The summed E-state index contributed by atoms with van der Waals surface area (Å²) in [6.07, 6.45) is 5.36. The third-order valence-corrected chi connectivity index (χ3v) is 6.03. The Morgan fingerprint density at radius 2 is 1.48 bits per heavy atom. The van der Waals surface area contributed by atoms with Crippen LogP contribution in [0.15, 0.2) is 60.7 Å². The van der Waals surface area contributed by atoms with Crippen LogP contribution in [0.2, 0.25) is 0 Å². The Kier molecular flexibility index (Phi) is 7.13. The maximum Gasteiger partial charge on any atom is 0.180 e. The molecule has 1 fully saturated rings. The van der Waals surface area contributed by atoms with Gasteiger partial charge in [0.2, 0.25) is 0 Å². The van der Waals surface area contributed by atoms with Crippen molar-refractivity contribution in [2.75, 3.05) is 25.4 Å². The van der Waals surface area contributed by atoms with Crippen LogP contribution in [0.5, 0.6) is 0 Å². The second-order valence-electron chi connectivity index (χ2n) is 6.65. The van der Waals surface area contributed by atoms with Crippen molar-refractivity contribution in [3.8, 4) is 0 Å². The first kappa shape index (κ1) is 18.2. The van der Waals surface area contributed by atoms with Crippen molar-refractivity contribution in [1.82, 2.24) is 4.90 Å². The second kappa shape index (κ2) is 9.79. The molecule has 132 valence electrons. The summed E-state index contributed by atoms with van der Waals surface area (Å²) in [7, 11) is 0. The van der Waals surface area contributed by atoms with Gasteiger partial charge in [-0.25, -0.2) is 0 Å². The number of benzene rings is 2. The summed E-state index contributed by atoms with van der Waals surface area (Å²) in [6.45, 7) is 3.50. The number of thioether (sulfide) groups is 1. The van der Waals surface area contributed by atoms with Crippen molar-refractivity contribution in [3.05, 3.63) is 71.8 Å². The van der Waals surface area contributed by atoms with Crippen LogP contribution in [0.4, 0.5) is 0 Å². The molecule has 2 aromatic carbocycles. The number of carbonyl (C=O) groups is 1. The zero-order chi connectivity index (χ0) is 17.3. The summed E-state index contributed by atoms with van der Waals surface area (Å²) in [5.74, 6) is 1.21. The van der Waals surface area contributed by atoms with Gasteiger partial charge in [-0.1, -0.05) is 73.5 Å². The van der Waals surface area contributed by atoms with Gasteiger partial charge in [0.25, 0.3) is 0 Å². The molecule has 2 aromatic rings. The lowest BCUT2D eigenvalue weighted by Gasteiger charge is -2.21. The van der Waals surface area contributed by atoms with Crippen LogP contribution in [0.1, 0.15) is 46.9 Å². The van der Waals surface area contributed by atoms with Crippen LogP contribution in [0.3, 0.4) is 0 Å². The van der Waals surface area contributed by atoms with Crippen LogP contribution in [0, 0.1) is 0 Å². The molecular weight excluding hydrogens is 326 g/mol. The smallest absolute Gasteiger partial charge is 0.180 e. The van der Waals surface area contributed by atoms with Crippen LogP contribution < -0.4 is 0 Å². The average molecular weight is 354 g/mol. The quantitative estimate of drug-likeness (QED) is 0.637. The highest BCUT2D eigenvalue weighted by molar-refractivity contribution is 8.00. The van der Waals surface area contributed by atoms with E-state index >= 15 is 0 Å². The maximum absolute atomic E-state index is 13.0. The molecule has 1 aliphatic heterocycles.